The first-order valence-electron chi connectivity index (χ1n) is 12.5. The summed E-state index contributed by atoms with van der Waals surface area (Å²) >= 11 is 0. The number of hydrogen-bond acceptors (Lipinski definition) is 6. The molecule has 200 valence electrons. The highest BCUT2D eigenvalue weighted by molar-refractivity contribution is 5.84. The standard InChI is InChI=1S/C28H33F3N2O4/c1-17-16-33-22-4-3-19(36-2)15-20(22)26(17)23(34)5-7-28(8-10-32-11-9-28)25(35)6-12-37-24-14-18(29)13-21(30)27(24)31/h3-4,13-16,23,25,32,34-35H,5-12H2,1-2H3/t23-,25+/m1/s1. The Hall–Kier alpha value is -2.88. The van der Waals surface area contributed by atoms with E-state index in [1.54, 1.807) is 13.3 Å². The third-order valence-electron chi connectivity index (χ3n) is 7.48. The van der Waals surface area contributed by atoms with Crippen molar-refractivity contribution in [3.05, 3.63) is 65.1 Å². The maximum absolute atomic E-state index is 13.9. The molecule has 0 amide bonds. The van der Waals surface area contributed by atoms with Crippen molar-refractivity contribution in [3.63, 3.8) is 0 Å². The van der Waals surface area contributed by atoms with Crippen molar-refractivity contribution in [2.45, 2.75) is 51.2 Å². The molecule has 0 spiro atoms. The van der Waals surface area contributed by atoms with Gasteiger partial charge in [0.15, 0.2) is 11.6 Å². The Bertz CT molecular complexity index is 1230. The number of methoxy groups -OCH3 is 1. The summed E-state index contributed by atoms with van der Waals surface area (Å²) in [5, 5.41) is 26.6. The Labute approximate surface area is 214 Å². The topological polar surface area (TPSA) is 83.8 Å². The molecule has 6 nitrogen and oxygen atoms in total. The van der Waals surface area contributed by atoms with Gasteiger partial charge in [0.05, 0.1) is 31.4 Å². The summed E-state index contributed by atoms with van der Waals surface area (Å²) in [5.41, 5.74) is 1.92. The van der Waals surface area contributed by atoms with Gasteiger partial charge in [-0.15, -0.1) is 0 Å². The average molecular weight is 519 g/mol. The minimum atomic E-state index is -1.32. The van der Waals surface area contributed by atoms with Gasteiger partial charge in [0.1, 0.15) is 11.6 Å². The molecule has 0 unspecified atom stereocenters. The Morgan fingerprint density at radius 2 is 1.84 bits per heavy atom. The van der Waals surface area contributed by atoms with Gasteiger partial charge >= 0.3 is 0 Å². The third-order valence-corrected chi connectivity index (χ3v) is 7.48. The molecular weight excluding hydrogens is 485 g/mol. The number of rotatable bonds is 10. The zero-order valence-corrected chi connectivity index (χ0v) is 21.1. The van der Waals surface area contributed by atoms with Crippen molar-refractivity contribution >= 4 is 10.9 Å². The number of nitrogens with zero attached hydrogens (tertiary/aromatic N) is 1. The summed E-state index contributed by atoms with van der Waals surface area (Å²) in [6, 6.07) is 6.80. The van der Waals surface area contributed by atoms with E-state index in [1.807, 2.05) is 25.1 Å². The lowest BCUT2D eigenvalue weighted by atomic mass is 9.69. The van der Waals surface area contributed by atoms with Crippen LogP contribution in [-0.2, 0) is 0 Å². The van der Waals surface area contributed by atoms with E-state index in [9.17, 15) is 23.4 Å². The number of aryl methyl sites for hydroxylation is 1. The summed E-state index contributed by atoms with van der Waals surface area (Å²) in [6.07, 6.45) is 2.65. The van der Waals surface area contributed by atoms with Gasteiger partial charge < -0.3 is 25.0 Å². The predicted molar refractivity (Wildman–Crippen MR) is 134 cm³/mol. The lowest BCUT2D eigenvalue weighted by Gasteiger charge is -2.42. The highest BCUT2D eigenvalue weighted by atomic mass is 19.2. The van der Waals surface area contributed by atoms with Crippen LogP contribution in [0.3, 0.4) is 0 Å². The van der Waals surface area contributed by atoms with Crippen molar-refractivity contribution < 1.29 is 32.9 Å². The lowest BCUT2D eigenvalue weighted by Crippen LogP contribution is -2.45. The molecule has 37 heavy (non-hydrogen) atoms. The van der Waals surface area contributed by atoms with Crippen molar-refractivity contribution in [3.8, 4) is 11.5 Å². The number of aliphatic hydroxyl groups excluding tert-OH is 2. The number of aromatic nitrogens is 1. The van der Waals surface area contributed by atoms with Gasteiger partial charge in [0.25, 0.3) is 0 Å². The van der Waals surface area contributed by atoms with Gasteiger partial charge in [-0.05, 0) is 80.4 Å². The normalized spacial score (nSPS) is 16.9. The minimum absolute atomic E-state index is 0.105. The van der Waals surface area contributed by atoms with E-state index in [1.165, 1.54) is 0 Å². The SMILES string of the molecule is COc1ccc2ncc(C)c([C@H](O)CCC3([C@@H](O)CCOc4cc(F)cc(F)c4F)CCNCC3)c2c1. The smallest absolute Gasteiger partial charge is 0.200 e. The van der Waals surface area contributed by atoms with Crippen LogP contribution in [0.5, 0.6) is 11.5 Å². The van der Waals surface area contributed by atoms with Gasteiger partial charge in [-0.2, -0.15) is 4.39 Å². The number of nitrogens with one attached hydrogen (secondary N) is 1. The number of pyridine rings is 1. The van der Waals surface area contributed by atoms with Crippen LogP contribution in [0.4, 0.5) is 13.2 Å². The van der Waals surface area contributed by atoms with Crippen molar-refractivity contribution in [2.75, 3.05) is 26.8 Å². The van der Waals surface area contributed by atoms with Crippen LogP contribution in [0.2, 0.25) is 0 Å². The van der Waals surface area contributed by atoms with Crippen molar-refractivity contribution in [1.82, 2.24) is 10.3 Å². The van der Waals surface area contributed by atoms with E-state index < -0.39 is 40.8 Å². The highest BCUT2D eigenvalue weighted by Crippen LogP contribution is 2.42. The highest BCUT2D eigenvalue weighted by Gasteiger charge is 2.39. The molecule has 4 rings (SSSR count). The number of ether oxygens (including phenoxy) is 2. The number of halogens is 3. The molecule has 1 aromatic heterocycles. The second-order valence-corrected chi connectivity index (χ2v) is 9.76. The Kier molecular flexibility index (Phi) is 8.56. The van der Waals surface area contributed by atoms with E-state index in [0.717, 1.165) is 28.1 Å². The maximum atomic E-state index is 13.9. The van der Waals surface area contributed by atoms with E-state index in [2.05, 4.69) is 10.3 Å². The second-order valence-electron chi connectivity index (χ2n) is 9.76. The number of aliphatic hydroxyl groups is 2. The molecule has 0 radical (unpaired) electrons. The van der Waals surface area contributed by atoms with Crippen molar-refractivity contribution in [2.24, 2.45) is 5.41 Å². The van der Waals surface area contributed by atoms with E-state index in [4.69, 9.17) is 9.47 Å². The average Bonchev–Trinajstić information content (AvgIpc) is 2.90. The number of piperidine rings is 1. The van der Waals surface area contributed by atoms with E-state index in [0.29, 0.717) is 50.6 Å². The second kappa shape index (κ2) is 11.7. The Morgan fingerprint density at radius 3 is 2.57 bits per heavy atom. The van der Waals surface area contributed by atoms with Gasteiger partial charge in [-0.25, -0.2) is 8.78 Å². The number of fused-ring (bicyclic) bond motifs is 1. The zero-order valence-electron chi connectivity index (χ0n) is 21.1. The molecule has 0 bridgehead atoms. The van der Waals surface area contributed by atoms with Crippen LogP contribution in [0.25, 0.3) is 10.9 Å². The number of benzene rings is 2. The monoisotopic (exact) mass is 518 g/mol. The van der Waals surface area contributed by atoms with Crippen LogP contribution >= 0.6 is 0 Å². The maximum Gasteiger partial charge on any atom is 0.200 e. The van der Waals surface area contributed by atoms with Gasteiger partial charge in [0.2, 0.25) is 5.82 Å². The van der Waals surface area contributed by atoms with Gasteiger partial charge in [0, 0.05) is 30.1 Å². The van der Waals surface area contributed by atoms with Crippen LogP contribution in [-0.4, -0.2) is 48.1 Å². The summed E-state index contributed by atoms with van der Waals surface area (Å²) < 4.78 is 51.5. The van der Waals surface area contributed by atoms with Crippen LogP contribution in [0, 0.1) is 29.8 Å². The van der Waals surface area contributed by atoms with Crippen LogP contribution < -0.4 is 14.8 Å². The summed E-state index contributed by atoms with van der Waals surface area (Å²) in [5.74, 6) is -3.36. The summed E-state index contributed by atoms with van der Waals surface area (Å²) in [7, 11) is 1.59. The molecule has 0 saturated carbocycles. The first-order chi connectivity index (χ1) is 17.7. The molecule has 2 heterocycles. The molecule has 9 heteroatoms. The minimum Gasteiger partial charge on any atom is -0.497 e. The van der Waals surface area contributed by atoms with E-state index in [-0.39, 0.29) is 13.0 Å². The molecule has 0 aliphatic carbocycles. The fraction of sp³-hybridized carbons (Fsp3) is 0.464. The quantitative estimate of drug-likeness (QED) is 0.328. The molecule has 1 aliphatic heterocycles. The molecule has 1 fully saturated rings. The molecule has 1 aliphatic rings. The summed E-state index contributed by atoms with van der Waals surface area (Å²) in [4.78, 5) is 4.46. The Morgan fingerprint density at radius 1 is 1.08 bits per heavy atom. The fourth-order valence-corrected chi connectivity index (χ4v) is 5.33. The Balaban J connectivity index is 1.47. The fourth-order valence-electron chi connectivity index (χ4n) is 5.33. The lowest BCUT2D eigenvalue weighted by molar-refractivity contribution is -0.0262. The van der Waals surface area contributed by atoms with Crippen LogP contribution in [0.1, 0.15) is 49.3 Å². The largest absolute Gasteiger partial charge is 0.497 e. The molecule has 3 N–H and O–H groups in total. The predicted octanol–water partition coefficient (Wildman–Crippen LogP) is 4.98. The van der Waals surface area contributed by atoms with Crippen LogP contribution in [0.15, 0.2) is 36.5 Å². The molecular formula is C28H33F3N2O4. The first-order valence-corrected chi connectivity index (χ1v) is 12.5. The first kappa shape index (κ1) is 27.2. The van der Waals surface area contributed by atoms with Gasteiger partial charge in [-0.1, -0.05) is 0 Å². The molecule has 2 aromatic carbocycles. The van der Waals surface area contributed by atoms with Gasteiger partial charge in [-0.3, -0.25) is 4.98 Å². The summed E-state index contributed by atoms with van der Waals surface area (Å²) in [6.45, 7) is 3.23. The zero-order chi connectivity index (χ0) is 26.6. The van der Waals surface area contributed by atoms with Crippen molar-refractivity contribution in [1.29, 1.82) is 0 Å². The molecule has 2 atom stereocenters. The third kappa shape index (κ3) is 6.00. The molecule has 3 aromatic rings. The van der Waals surface area contributed by atoms with E-state index >= 15 is 0 Å². The molecule has 1 saturated heterocycles. The number of hydrogen-bond donors (Lipinski definition) is 3.